The molecule has 1 aromatic carbocycles. The Balaban J connectivity index is 1.91. The van der Waals surface area contributed by atoms with E-state index in [1.165, 1.54) is 6.07 Å². The molecule has 0 unspecified atom stereocenters. The van der Waals surface area contributed by atoms with Crippen molar-refractivity contribution >= 4 is 16.7 Å². The van der Waals surface area contributed by atoms with Crippen molar-refractivity contribution in [1.29, 1.82) is 0 Å². The average Bonchev–Trinajstić information content (AvgIpc) is 2.95. The van der Waals surface area contributed by atoms with E-state index in [0.29, 0.717) is 5.52 Å². The summed E-state index contributed by atoms with van der Waals surface area (Å²) in [7, 11) is 0. The lowest BCUT2D eigenvalue weighted by atomic mass is 10.0. The molecule has 0 fully saturated rings. The molecule has 0 saturated heterocycles. The fourth-order valence-corrected chi connectivity index (χ4v) is 2.33. The van der Waals surface area contributed by atoms with E-state index in [0.717, 1.165) is 50.5 Å². The van der Waals surface area contributed by atoms with Gasteiger partial charge in [0.05, 0.1) is 4.92 Å². The molecule has 0 spiro atoms. The highest BCUT2D eigenvalue weighted by Gasteiger charge is 2.18. The van der Waals surface area contributed by atoms with Gasteiger partial charge in [0.2, 0.25) is 5.52 Å². The number of non-ortho nitro benzene ring substituents is 1. The van der Waals surface area contributed by atoms with Crippen LogP contribution in [0, 0.1) is 22.5 Å². The van der Waals surface area contributed by atoms with Crippen LogP contribution in [0.4, 0.5) is 5.69 Å². The van der Waals surface area contributed by atoms with Crippen LogP contribution in [-0.2, 0) is 6.42 Å². The van der Waals surface area contributed by atoms with Gasteiger partial charge in [-0.2, -0.15) is 0 Å². The van der Waals surface area contributed by atoms with Gasteiger partial charge in [0.15, 0.2) is 0 Å². The Hall–Kier alpha value is -2.42. The Morgan fingerprint density at radius 1 is 1.14 bits per heavy atom. The number of nitro groups is 1. The molecular weight excluding hydrogens is 270 g/mol. The molecule has 0 aliphatic rings. The van der Waals surface area contributed by atoms with Gasteiger partial charge in [0, 0.05) is 12.5 Å². The van der Waals surface area contributed by atoms with Gasteiger partial charge in [-0.25, -0.2) is 4.63 Å². The Kier molecular flexibility index (Phi) is 5.27. The van der Waals surface area contributed by atoms with Gasteiger partial charge in [0.25, 0.3) is 0 Å². The van der Waals surface area contributed by atoms with Gasteiger partial charge < -0.3 is 0 Å². The van der Waals surface area contributed by atoms with E-state index < -0.39 is 4.92 Å². The van der Waals surface area contributed by atoms with E-state index in [-0.39, 0.29) is 11.2 Å². The van der Waals surface area contributed by atoms with Crippen LogP contribution in [0.15, 0.2) is 16.8 Å². The normalized spacial score (nSPS) is 10.6. The Morgan fingerprint density at radius 2 is 1.86 bits per heavy atom. The molecule has 1 aromatic heterocycles. The smallest absolute Gasteiger partial charge is 0.258 e. The van der Waals surface area contributed by atoms with Crippen molar-refractivity contribution in [1.82, 2.24) is 10.3 Å². The fourth-order valence-electron chi connectivity index (χ4n) is 2.33. The number of fused-ring (bicyclic) bond motifs is 1. The summed E-state index contributed by atoms with van der Waals surface area (Å²) in [6, 6.07) is 3.21. The SMILES string of the molecule is C#CCCCCCCCc1ccc([N+](=O)[O-])c2nonc12. The van der Waals surface area contributed by atoms with E-state index in [9.17, 15) is 10.1 Å². The summed E-state index contributed by atoms with van der Waals surface area (Å²) < 4.78 is 4.64. The predicted molar refractivity (Wildman–Crippen MR) is 78.7 cm³/mol. The molecule has 2 rings (SSSR count). The predicted octanol–water partition coefficient (Wildman–Crippen LogP) is 3.65. The van der Waals surface area contributed by atoms with Crippen LogP contribution in [0.2, 0.25) is 0 Å². The molecule has 2 aromatic rings. The number of unbranched alkanes of at least 4 members (excludes halogenated alkanes) is 5. The zero-order chi connectivity index (χ0) is 15.1. The second kappa shape index (κ2) is 7.39. The summed E-state index contributed by atoms with van der Waals surface area (Å²) in [5, 5.41) is 18.3. The molecule has 0 aliphatic carbocycles. The number of hydrogen-bond acceptors (Lipinski definition) is 5. The van der Waals surface area contributed by atoms with Gasteiger partial charge in [0.1, 0.15) is 5.52 Å². The van der Waals surface area contributed by atoms with Crippen LogP contribution < -0.4 is 0 Å². The molecule has 110 valence electrons. The standard InChI is InChI=1S/C15H17N3O3/c1-2-3-4-5-6-7-8-9-12-10-11-13(18(19)20)15-14(12)16-21-17-15/h1,10-11H,3-9H2. The summed E-state index contributed by atoms with van der Waals surface area (Å²) in [5.74, 6) is 2.64. The molecule has 0 amide bonds. The van der Waals surface area contributed by atoms with Crippen LogP contribution >= 0.6 is 0 Å². The molecule has 0 bridgehead atoms. The number of nitrogens with zero attached hydrogens (tertiary/aromatic N) is 3. The molecular formula is C15H17N3O3. The minimum absolute atomic E-state index is 0.0655. The quantitative estimate of drug-likeness (QED) is 0.320. The van der Waals surface area contributed by atoms with Crippen LogP contribution in [0.25, 0.3) is 11.0 Å². The van der Waals surface area contributed by atoms with Crippen molar-refractivity contribution in [3.63, 3.8) is 0 Å². The van der Waals surface area contributed by atoms with Crippen molar-refractivity contribution in [2.45, 2.75) is 44.9 Å². The largest absolute Gasteiger partial charge is 0.300 e. The maximum atomic E-state index is 10.9. The zero-order valence-electron chi connectivity index (χ0n) is 11.7. The Morgan fingerprint density at radius 3 is 2.62 bits per heavy atom. The summed E-state index contributed by atoms with van der Waals surface area (Å²) >= 11 is 0. The lowest BCUT2D eigenvalue weighted by Gasteiger charge is -2.02. The fraction of sp³-hybridized carbons (Fsp3) is 0.467. The lowest BCUT2D eigenvalue weighted by Crippen LogP contribution is -1.93. The van der Waals surface area contributed by atoms with Gasteiger partial charge in [-0.1, -0.05) is 19.3 Å². The molecule has 0 radical (unpaired) electrons. The van der Waals surface area contributed by atoms with Crippen molar-refractivity contribution in [3.05, 3.63) is 27.8 Å². The number of benzene rings is 1. The third kappa shape index (κ3) is 3.78. The topological polar surface area (TPSA) is 82.1 Å². The molecule has 0 atom stereocenters. The highest BCUT2D eigenvalue weighted by atomic mass is 16.6. The average molecular weight is 287 g/mol. The molecule has 0 aliphatic heterocycles. The molecule has 0 N–H and O–H groups in total. The van der Waals surface area contributed by atoms with Gasteiger partial charge >= 0.3 is 5.69 Å². The summed E-state index contributed by atoms with van der Waals surface area (Å²) in [5.41, 5.74) is 1.60. The minimum atomic E-state index is -0.470. The first-order chi connectivity index (χ1) is 10.2. The second-order valence-electron chi connectivity index (χ2n) is 4.93. The van der Waals surface area contributed by atoms with Crippen LogP contribution in [0.3, 0.4) is 0 Å². The molecule has 1 heterocycles. The molecule has 21 heavy (non-hydrogen) atoms. The van der Waals surface area contributed by atoms with E-state index in [1.54, 1.807) is 6.07 Å². The molecule has 0 saturated carbocycles. The first-order valence-electron chi connectivity index (χ1n) is 7.06. The van der Waals surface area contributed by atoms with E-state index in [1.807, 2.05) is 0 Å². The number of aryl methyl sites for hydroxylation is 1. The lowest BCUT2D eigenvalue weighted by molar-refractivity contribution is -0.383. The molecule has 6 heteroatoms. The first kappa shape index (κ1) is 15.0. The first-order valence-corrected chi connectivity index (χ1v) is 7.06. The van der Waals surface area contributed by atoms with Crippen molar-refractivity contribution < 1.29 is 9.55 Å². The number of rotatable bonds is 8. The van der Waals surface area contributed by atoms with Crippen LogP contribution in [0.5, 0.6) is 0 Å². The van der Waals surface area contributed by atoms with Crippen molar-refractivity contribution in [3.8, 4) is 12.3 Å². The summed E-state index contributed by atoms with van der Waals surface area (Å²) in [6.07, 6.45) is 12.3. The monoisotopic (exact) mass is 287 g/mol. The van der Waals surface area contributed by atoms with Crippen LogP contribution in [0.1, 0.15) is 44.1 Å². The minimum Gasteiger partial charge on any atom is -0.258 e. The van der Waals surface area contributed by atoms with E-state index in [4.69, 9.17) is 6.42 Å². The highest BCUT2D eigenvalue weighted by Crippen LogP contribution is 2.26. The molecule has 6 nitrogen and oxygen atoms in total. The van der Waals surface area contributed by atoms with Gasteiger partial charge in [-0.15, -0.1) is 12.3 Å². The summed E-state index contributed by atoms with van der Waals surface area (Å²) in [6.45, 7) is 0. The Bertz CT molecular complexity index is 658. The zero-order valence-corrected chi connectivity index (χ0v) is 11.7. The highest BCUT2D eigenvalue weighted by molar-refractivity contribution is 5.85. The number of nitro benzene ring substituents is 1. The number of hydrogen-bond donors (Lipinski definition) is 0. The summed E-state index contributed by atoms with van der Waals surface area (Å²) in [4.78, 5) is 10.4. The maximum Gasteiger partial charge on any atom is 0.300 e. The maximum absolute atomic E-state index is 10.9. The van der Waals surface area contributed by atoms with Gasteiger partial charge in [-0.05, 0) is 41.2 Å². The number of aromatic nitrogens is 2. The second-order valence-corrected chi connectivity index (χ2v) is 4.93. The van der Waals surface area contributed by atoms with E-state index in [2.05, 4.69) is 20.9 Å². The number of terminal acetylenes is 1. The van der Waals surface area contributed by atoms with Gasteiger partial charge in [-0.3, -0.25) is 10.1 Å². The van der Waals surface area contributed by atoms with Crippen molar-refractivity contribution in [2.24, 2.45) is 0 Å². The van der Waals surface area contributed by atoms with Crippen molar-refractivity contribution in [2.75, 3.05) is 0 Å². The third-order valence-corrected chi connectivity index (χ3v) is 3.44. The van der Waals surface area contributed by atoms with E-state index >= 15 is 0 Å². The van der Waals surface area contributed by atoms with Crippen LogP contribution in [-0.4, -0.2) is 15.2 Å². The third-order valence-electron chi connectivity index (χ3n) is 3.44. The Labute approximate surface area is 122 Å².